The summed E-state index contributed by atoms with van der Waals surface area (Å²) in [5.74, 6) is 0. The molecule has 1 heterocycles. The molecule has 1 fully saturated rings. The Morgan fingerprint density at radius 3 is 2.29 bits per heavy atom. The van der Waals surface area contributed by atoms with Crippen molar-refractivity contribution >= 4 is 0 Å². The summed E-state index contributed by atoms with van der Waals surface area (Å²) < 4.78 is 1.16. The molecule has 0 radical (unpaired) electrons. The molecule has 1 aromatic rings. The average Bonchev–Trinajstić information content (AvgIpc) is 2.47. The van der Waals surface area contributed by atoms with Crippen molar-refractivity contribution in [2.75, 3.05) is 20.6 Å². The van der Waals surface area contributed by atoms with Crippen molar-refractivity contribution in [1.29, 1.82) is 0 Å². The molecule has 0 spiro atoms. The van der Waals surface area contributed by atoms with E-state index in [0.717, 1.165) is 10.5 Å². The molecule has 0 saturated carbocycles. The summed E-state index contributed by atoms with van der Waals surface area (Å²) in [4.78, 5) is 0. The van der Waals surface area contributed by atoms with E-state index >= 15 is 0 Å². The number of halogens is 1. The van der Waals surface area contributed by atoms with E-state index in [9.17, 15) is 0 Å². The SMILES string of the molecule is C[N+]1(C)CCCC1c1ccccc1.[I-]. The molecule has 1 aliphatic heterocycles. The van der Waals surface area contributed by atoms with Crippen LogP contribution in [0.5, 0.6) is 0 Å². The minimum atomic E-state index is 0. The fourth-order valence-electron chi connectivity index (χ4n) is 2.44. The smallest absolute Gasteiger partial charge is 0.114 e. The highest BCUT2D eigenvalue weighted by molar-refractivity contribution is 5.17. The molecule has 1 unspecified atom stereocenters. The first-order chi connectivity index (χ1) is 6.20. The summed E-state index contributed by atoms with van der Waals surface area (Å²) in [5, 5.41) is 0. The van der Waals surface area contributed by atoms with Crippen molar-refractivity contribution < 1.29 is 28.5 Å². The highest BCUT2D eigenvalue weighted by Crippen LogP contribution is 2.35. The molecule has 1 aromatic carbocycles. The quantitative estimate of drug-likeness (QED) is 0.489. The summed E-state index contributed by atoms with van der Waals surface area (Å²) >= 11 is 0. The van der Waals surface area contributed by atoms with Crippen LogP contribution >= 0.6 is 0 Å². The van der Waals surface area contributed by atoms with Crippen molar-refractivity contribution in [3.63, 3.8) is 0 Å². The maximum Gasteiger partial charge on any atom is 0.114 e. The normalized spacial score (nSPS) is 24.3. The predicted octanol–water partition coefficient (Wildman–Crippen LogP) is -0.398. The third-order valence-corrected chi connectivity index (χ3v) is 3.24. The molecule has 14 heavy (non-hydrogen) atoms. The first kappa shape index (κ1) is 12.0. The van der Waals surface area contributed by atoms with Crippen molar-refractivity contribution in [3.8, 4) is 0 Å². The molecule has 1 aliphatic rings. The van der Waals surface area contributed by atoms with Crippen LogP contribution in [0.3, 0.4) is 0 Å². The van der Waals surface area contributed by atoms with Crippen LogP contribution in [0, 0.1) is 0 Å². The molecule has 0 aromatic heterocycles. The zero-order valence-electron chi connectivity index (χ0n) is 8.91. The van der Waals surface area contributed by atoms with E-state index in [4.69, 9.17) is 0 Å². The minimum Gasteiger partial charge on any atom is -1.00 e. The lowest BCUT2D eigenvalue weighted by atomic mass is 10.0. The van der Waals surface area contributed by atoms with Gasteiger partial charge in [-0.05, 0) is 0 Å². The van der Waals surface area contributed by atoms with Crippen molar-refractivity contribution in [2.45, 2.75) is 18.9 Å². The molecular formula is C12H18IN. The van der Waals surface area contributed by atoms with Gasteiger partial charge in [-0.2, -0.15) is 0 Å². The van der Waals surface area contributed by atoms with E-state index in [1.54, 1.807) is 0 Å². The molecule has 0 N–H and O–H groups in total. The van der Waals surface area contributed by atoms with Gasteiger partial charge in [-0.3, -0.25) is 0 Å². The number of likely N-dealkylation sites (tertiary alicyclic amines) is 1. The lowest BCUT2D eigenvalue weighted by molar-refractivity contribution is -0.908. The van der Waals surface area contributed by atoms with Gasteiger partial charge in [-0.1, -0.05) is 30.3 Å². The molecule has 0 amide bonds. The molecule has 1 atom stereocenters. The highest BCUT2D eigenvalue weighted by atomic mass is 127. The van der Waals surface area contributed by atoms with E-state index in [1.807, 2.05) is 0 Å². The van der Waals surface area contributed by atoms with Crippen molar-refractivity contribution in [1.82, 2.24) is 0 Å². The molecule has 0 bridgehead atoms. The third kappa shape index (κ3) is 2.28. The highest BCUT2D eigenvalue weighted by Gasteiger charge is 2.34. The van der Waals surface area contributed by atoms with E-state index in [0.29, 0.717) is 0 Å². The molecule has 1 nitrogen and oxygen atoms in total. The standard InChI is InChI=1S/C12H18N.HI/c1-13(2)10-6-9-12(13)11-7-4-3-5-8-11;/h3-5,7-8,12H,6,9-10H2,1-2H3;1H/q+1;/p-1. The number of benzene rings is 1. The van der Waals surface area contributed by atoms with Crippen molar-refractivity contribution in [3.05, 3.63) is 35.9 Å². The Balaban J connectivity index is 0.000000980. The second-order valence-electron chi connectivity index (χ2n) is 4.57. The van der Waals surface area contributed by atoms with Crippen LogP contribution < -0.4 is 24.0 Å². The van der Waals surface area contributed by atoms with E-state index < -0.39 is 0 Å². The Labute approximate surface area is 104 Å². The van der Waals surface area contributed by atoms with Gasteiger partial charge in [-0.15, -0.1) is 0 Å². The Kier molecular flexibility index (Phi) is 3.95. The maximum atomic E-state index is 2.34. The van der Waals surface area contributed by atoms with Gasteiger partial charge in [0.25, 0.3) is 0 Å². The van der Waals surface area contributed by atoms with E-state index in [2.05, 4.69) is 44.4 Å². The maximum absolute atomic E-state index is 2.34. The van der Waals surface area contributed by atoms with Gasteiger partial charge < -0.3 is 28.5 Å². The van der Waals surface area contributed by atoms with Gasteiger partial charge >= 0.3 is 0 Å². The summed E-state index contributed by atoms with van der Waals surface area (Å²) in [6.07, 6.45) is 2.71. The monoisotopic (exact) mass is 303 g/mol. The Morgan fingerprint density at radius 2 is 1.79 bits per heavy atom. The fraction of sp³-hybridized carbons (Fsp3) is 0.500. The van der Waals surface area contributed by atoms with Gasteiger partial charge in [0.15, 0.2) is 0 Å². The van der Waals surface area contributed by atoms with E-state index in [1.165, 1.54) is 24.9 Å². The molecule has 1 saturated heterocycles. The summed E-state index contributed by atoms with van der Waals surface area (Å²) in [5.41, 5.74) is 1.50. The van der Waals surface area contributed by atoms with Gasteiger partial charge in [-0.25, -0.2) is 0 Å². The minimum absolute atomic E-state index is 0. The average molecular weight is 303 g/mol. The van der Waals surface area contributed by atoms with E-state index in [-0.39, 0.29) is 24.0 Å². The number of quaternary nitrogens is 1. The van der Waals surface area contributed by atoms with Gasteiger partial charge in [0.05, 0.1) is 20.6 Å². The Bertz CT molecular complexity index is 282. The van der Waals surface area contributed by atoms with Gasteiger partial charge in [0.2, 0.25) is 0 Å². The van der Waals surface area contributed by atoms with Crippen LogP contribution in [0.4, 0.5) is 0 Å². The number of rotatable bonds is 1. The first-order valence-electron chi connectivity index (χ1n) is 5.08. The fourth-order valence-corrected chi connectivity index (χ4v) is 2.44. The van der Waals surface area contributed by atoms with Crippen LogP contribution in [0.1, 0.15) is 24.4 Å². The zero-order chi connectivity index (χ0) is 9.31. The topological polar surface area (TPSA) is 0 Å². The summed E-state index contributed by atoms with van der Waals surface area (Å²) in [6.45, 7) is 1.32. The van der Waals surface area contributed by atoms with Crippen LogP contribution in [-0.4, -0.2) is 25.1 Å². The predicted molar refractivity (Wildman–Crippen MR) is 55.4 cm³/mol. The Morgan fingerprint density at radius 1 is 1.14 bits per heavy atom. The molecular weight excluding hydrogens is 285 g/mol. The largest absolute Gasteiger partial charge is 1.00 e. The Hall–Kier alpha value is -0.0900. The number of nitrogens with zero attached hydrogens (tertiary/aromatic N) is 1. The molecule has 78 valence electrons. The molecule has 0 aliphatic carbocycles. The van der Waals surface area contributed by atoms with Crippen LogP contribution in [0.2, 0.25) is 0 Å². The first-order valence-corrected chi connectivity index (χ1v) is 5.08. The zero-order valence-corrected chi connectivity index (χ0v) is 11.1. The number of hydrogen-bond donors (Lipinski definition) is 0. The second kappa shape index (κ2) is 4.62. The van der Waals surface area contributed by atoms with Crippen LogP contribution in [0.15, 0.2) is 30.3 Å². The van der Waals surface area contributed by atoms with Gasteiger partial charge in [0, 0.05) is 18.4 Å². The lowest BCUT2D eigenvalue weighted by Gasteiger charge is -2.31. The third-order valence-electron chi connectivity index (χ3n) is 3.24. The number of hydrogen-bond acceptors (Lipinski definition) is 0. The molecule has 2 rings (SSSR count). The summed E-state index contributed by atoms with van der Waals surface area (Å²) in [6, 6.07) is 11.6. The van der Waals surface area contributed by atoms with Crippen LogP contribution in [-0.2, 0) is 0 Å². The summed E-state index contributed by atoms with van der Waals surface area (Å²) in [7, 11) is 4.68. The lowest BCUT2D eigenvalue weighted by Crippen LogP contribution is -3.00. The molecule has 2 heteroatoms. The van der Waals surface area contributed by atoms with Crippen LogP contribution in [0.25, 0.3) is 0 Å². The van der Waals surface area contributed by atoms with Crippen molar-refractivity contribution in [2.24, 2.45) is 0 Å². The second-order valence-corrected chi connectivity index (χ2v) is 4.57. The van der Waals surface area contributed by atoms with Gasteiger partial charge in [0.1, 0.15) is 6.04 Å².